The Morgan fingerprint density at radius 1 is 1.31 bits per heavy atom. The number of H-pyrrole nitrogens is 1. The minimum atomic E-state index is 0. The van der Waals surface area contributed by atoms with Gasteiger partial charge in [0.05, 0.1) is 6.54 Å². The molecule has 6 heteroatoms. The number of aromatic nitrogens is 1. The fourth-order valence-corrected chi connectivity index (χ4v) is 1.80. The van der Waals surface area contributed by atoms with Gasteiger partial charge in [-0.3, -0.25) is 0 Å². The second-order valence-electron chi connectivity index (χ2n) is 3.27. The number of benzene rings is 1. The lowest BCUT2D eigenvalue weighted by molar-refractivity contribution is 1.01. The largest absolute Gasteiger partial charge is 0.370 e. The molecule has 16 heavy (non-hydrogen) atoms. The standard InChI is InChI=1S/C10H11BrN4.BrH/c11-7-1-2-9-6(3-7)4-8(15-9)5-14-10(12)13;/h1-4,15H,5H2,(H4,12,13,14);1H. The number of hydrogen-bond acceptors (Lipinski definition) is 1. The van der Waals surface area contributed by atoms with Crippen molar-refractivity contribution in [3.63, 3.8) is 0 Å². The highest BCUT2D eigenvalue weighted by Crippen LogP contribution is 2.20. The van der Waals surface area contributed by atoms with Gasteiger partial charge in [-0.2, -0.15) is 0 Å². The van der Waals surface area contributed by atoms with Crippen molar-refractivity contribution in [1.82, 2.24) is 4.98 Å². The van der Waals surface area contributed by atoms with Gasteiger partial charge in [0.2, 0.25) is 0 Å². The first-order chi connectivity index (χ1) is 7.15. The van der Waals surface area contributed by atoms with Crippen molar-refractivity contribution in [2.75, 3.05) is 0 Å². The van der Waals surface area contributed by atoms with Crippen LogP contribution in [0.2, 0.25) is 0 Å². The monoisotopic (exact) mass is 346 g/mol. The topological polar surface area (TPSA) is 80.2 Å². The Kier molecular flexibility index (Phi) is 4.37. The normalized spacial score (nSPS) is 9.81. The molecule has 2 rings (SSSR count). The first-order valence-electron chi connectivity index (χ1n) is 4.48. The summed E-state index contributed by atoms with van der Waals surface area (Å²) in [6.07, 6.45) is 0. The molecular formula is C10H12Br2N4. The van der Waals surface area contributed by atoms with E-state index in [1.807, 2.05) is 24.3 Å². The van der Waals surface area contributed by atoms with Crippen LogP contribution in [0.4, 0.5) is 0 Å². The maximum atomic E-state index is 5.26. The summed E-state index contributed by atoms with van der Waals surface area (Å²) in [5, 5.41) is 1.14. The molecule has 0 amide bonds. The molecule has 0 aliphatic carbocycles. The van der Waals surface area contributed by atoms with Gasteiger partial charge >= 0.3 is 0 Å². The predicted octanol–water partition coefficient (Wildman–Crippen LogP) is 2.28. The highest BCUT2D eigenvalue weighted by atomic mass is 79.9. The van der Waals surface area contributed by atoms with Crippen LogP contribution in [0.15, 0.2) is 33.7 Å². The molecule has 2 aromatic rings. The second-order valence-corrected chi connectivity index (χ2v) is 4.18. The van der Waals surface area contributed by atoms with Crippen LogP contribution < -0.4 is 11.5 Å². The molecule has 86 valence electrons. The van der Waals surface area contributed by atoms with E-state index in [2.05, 4.69) is 25.9 Å². The van der Waals surface area contributed by atoms with E-state index in [1.54, 1.807) is 0 Å². The predicted molar refractivity (Wildman–Crippen MR) is 75.8 cm³/mol. The quantitative estimate of drug-likeness (QED) is 0.575. The molecule has 0 bridgehead atoms. The van der Waals surface area contributed by atoms with Crippen LogP contribution in [-0.4, -0.2) is 10.9 Å². The van der Waals surface area contributed by atoms with Crippen LogP contribution in [0, 0.1) is 0 Å². The summed E-state index contributed by atoms with van der Waals surface area (Å²) in [5.41, 5.74) is 12.6. The fourth-order valence-electron chi connectivity index (χ4n) is 1.43. The van der Waals surface area contributed by atoms with E-state index < -0.39 is 0 Å². The van der Waals surface area contributed by atoms with Crippen LogP contribution in [0.5, 0.6) is 0 Å². The summed E-state index contributed by atoms with van der Waals surface area (Å²) in [7, 11) is 0. The number of hydrogen-bond donors (Lipinski definition) is 3. The van der Waals surface area contributed by atoms with E-state index in [0.717, 1.165) is 21.1 Å². The Balaban J connectivity index is 0.00000128. The van der Waals surface area contributed by atoms with Crippen molar-refractivity contribution in [3.05, 3.63) is 34.4 Å². The van der Waals surface area contributed by atoms with Gasteiger partial charge in [0.15, 0.2) is 5.96 Å². The number of nitrogens with zero attached hydrogens (tertiary/aromatic N) is 1. The van der Waals surface area contributed by atoms with E-state index in [1.165, 1.54) is 0 Å². The van der Waals surface area contributed by atoms with Crippen molar-refractivity contribution in [2.24, 2.45) is 16.5 Å². The Morgan fingerprint density at radius 3 is 2.75 bits per heavy atom. The molecule has 0 saturated heterocycles. The molecule has 1 aromatic carbocycles. The molecule has 1 aromatic heterocycles. The minimum absolute atomic E-state index is 0. The van der Waals surface area contributed by atoms with Crippen LogP contribution in [0.25, 0.3) is 10.9 Å². The lowest BCUT2D eigenvalue weighted by Crippen LogP contribution is -2.22. The van der Waals surface area contributed by atoms with Crippen molar-refractivity contribution in [2.45, 2.75) is 6.54 Å². The molecule has 0 unspecified atom stereocenters. The molecule has 0 radical (unpaired) electrons. The van der Waals surface area contributed by atoms with Gasteiger partial charge < -0.3 is 16.5 Å². The van der Waals surface area contributed by atoms with Gasteiger partial charge in [0, 0.05) is 21.1 Å². The van der Waals surface area contributed by atoms with E-state index in [-0.39, 0.29) is 22.9 Å². The zero-order chi connectivity index (χ0) is 10.8. The number of guanidine groups is 1. The molecule has 0 atom stereocenters. The van der Waals surface area contributed by atoms with Crippen LogP contribution in [0.1, 0.15) is 5.69 Å². The maximum absolute atomic E-state index is 5.26. The van der Waals surface area contributed by atoms with Gasteiger partial charge in [-0.25, -0.2) is 4.99 Å². The average molecular weight is 348 g/mol. The highest BCUT2D eigenvalue weighted by molar-refractivity contribution is 9.10. The summed E-state index contributed by atoms with van der Waals surface area (Å²) in [5.74, 6) is 0.106. The number of aromatic amines is 1. The molecule has 0 fully saturated rings. The van der Waals surface area contributed by atoms with Crippen LogP contribution >= 0.6 is 32.9 Å². The lowest BCUT2D eigenvalue weighted by Gasteiger charge is -1.91. The number of fused-ring (bicyclic) bond motifs is 1. The Labute approximate surface area is 112 Å². The highest BCUT2D eigenvalue weighted by Gasteiger charge is 2.00. The van der Waals surface area contributed by atoms with E-state index in [4.69, 9.17) is 11.5 Å². The fraction of sp³-hybridized carbons (Fsp3) is 0.100. The molecule has 0 aliphatic heterocycles. The number of nitrogens with two attached hydrogens (primary N) is 2. The Bertz CT molecular complexity index is 515. The van der Waals surface area contributed by atoms with Crippen molar-refractivity contribution >= 4 is 49.8 Å². The second kappa shape index (κ2) is 5.36. The number of halogens is 2. The van der Waals surface area contributed by atoms with E-state index in [9.17, 15) is 0 Å². The van der Waals surface area contributed by atoms with E-state index in [0.29, 0.717) is 6.54 Å². The van der Waals surface area contributed by atoms with Crippen LogP contribution in [0.3, 0.4) is 0 Å². The van der Waals surface area contributed by atoms with Crippen molar-refractivity contribution in [3.8, 4) is 0 Å². The third kappa shape index (κ3) is 2.99. The smallest absolute Gasteiger partial charge is 0.186 e. The molecule has 4 nitrogen and oxygen atoms in total. The summed E-state index contributed by atoms with van der Waals surface area (Å²) in [6.45, 7) is 0.481. The minimum Gasteiger partial charge on any atom is -0.370 e. The van der Waals surface area contributed by atoms with Crippen molar-refractivity contribution in [1.29, 1.82) is 0 Å². The Morgan fingerprint density at radius 2 is 2.06 bits per heavy atom. The summed E-state index contributed by atoms with van der Waals surface area (Å²) >= 11 is 3.42. The van der Waals surface area contributed by atoms with Crippen LogP contribution in [-0.2, 0) is 6.54 Å². The summed E-state index contributed by atoms with van der Waals surface area (Å²) < 4.78 is 1.06. The number of rotatable bonds is 2. The molecular weight excluding hydrogens is 336 g/mol. The van der Waals surface area contributed by atoms with Gasteiger partial charge in [-0.05, 0) is 24.3 Å². The number of aliphatic imine (C=N–C) groups is 1. The van der Waals surface area contributed by atoms with Gasteiger partial charge in [0.25, 0.3) is 0 Å². The van der Waals surface area contributed by atoms with Gasteiger partial charge in [-0.1, -0.05) is 15.9 Å². The zero-order valence-corrected chi connectivity index (χ0v) is 11.7. The lowest BCUT2D eigenvalue weighted by atomic mass is 10.2. The van der Waals surface area contributed by atoms with Gasteiger partial charge in [-0.15, -0.1) is 17.0 Å². The zero-order valence-electron chi connectivity index (χ0n) is 8.40. The van der Waals surface area contributed by atoms with E-state index >= 15 is 0 Å². The first-order valence-corrected chi connectivity index (χ1v) is 5.27. The first kappa shape index (κ1) is 13.1. The Hall–Kier alpha value is -1.01. The third-order valence-electron chi connectivity index (χ3n) is 2.07. The summed E-state index contributed by atoms with van der Waals surface area (Å²) in [4.78, 5) is 7.18. The number of nitrogens with one attached hydrogen (secondary N) is 1. The average Bonchev–Trinajstić information content (AvgIpc) is 2.56. The molecule has 1 heterocycles. The van der Waals surface area contributed by atoms with Gasteiger partial charge in [0.1, 0.15) is 0 Å². The summed E-state index contributed by atoms with van der Waals surface area (Å²) in [6, 6.07) is 8.08. The third-order valence-corrected chi connectivity index (χ3v) is 2.56. The maximum Gasteiger partial charge on any atom is 0.186 e. The molecule has 0 spiro atoms. The molecule has 0 aliphatic rings. The SMILES string of the molecule is Br.NC(N)=NCc1cc2cc(Br)ccc2[nH]1. The molecule has 0 saturated carbocycles. The van der Waals surface area contributed by atoms with Crippen molar-refractivity contribution < 1.29 is 0 Å². The molecule has 5 N–H and O–H groups in total.